The second-order valence-corrected chi connectivity index (χ2v) is 7.48. The van der Waals surface area contributed by atoms with Crippen molar-refractivity contribution in [3.05, 3.63) is 40.2 Å². The highest BCUT2D eigenvalue weighted by molar-refractivity contribution is 5.76. The fourth-order valence-electron chi connectivity index (χ4n) is 3.97. The van der Waals surface area contributed by atoms with Crippen molar-refractivity contribution in [1.82, 2.24) is 30.4 Å². The molecule has 7 heteroatoms. The van der Waals surface area contributed by atoms with Crippen molar-refractivity contribution in [2.75, 3.05) is 13.1 Å². The summed E-state index contributed by atoms with van der Waals surface area (Å²) in [6, 6.07) is 2.10. The lowest BCUT2D eigenvalue weighted by atomic mass is 9.95. The molecule has 1 amide bonds. The summed E-state index contributed by atoms with van der Waals surface area (Å²) in [5.41, 5.74) is 5.87. The SMILES string of the molecule is Cc1nc(CCNC(=O)CCc2cc3n(n2)CCNC3)nc2c1CCCC2. The lowest BCUT2D eigenvalue weighted by Crippen LogP contribution is -2.28. The number of rotatable bonds is 6. The van der Waals surface area contributed by atoms with Crippen LogP contribution in [-0.4, -0.2) is 38.7 Å². The molecule has 1 aliphatic carbocycles. The van der Waals surface area contributed by atoms with E-state index in [4.69, 9.17) is 4.98 Å². The maximum atomic E-state index is 12.2. The number of aryl methyl sites for hydroxylation is 3. The average Bonchev–Trinajstić information content (AvgIpc) is 3.09. The summed E-state index contributed by atoms with van der Waals surface area (Å²) in [6.07, 6.45) is 6.45. The van der Waals surface area contributed by atoms with Gasteiger partial charge in [0, 0.05) is 50.3 Å². The van der Waals surface area contributed by atoms with Gasteiger partial charge < -0.3 is 10.6 Å². The Balaban J connectivity index is 1.24. The molecule has 2 aromatic heterocycles. The molecule has 7 nitrogen and oxygen atoms in total. The van der Waals surface area contributed by atoms with Crippen molar-refractivity contribution in [2.24, 2.45) is 0 Å². The second kappa shape index (κ2) is 8.17. The predicted octanol–water partition coefficient (Wildman–Crippen LogP) is 1.26. The third-order valence-electron chi connectivity index (χ3n) is 5.44. The zero-order valence-electron chi connectivity index (χ0n) is 16.1. The largest absolute Gasteiger partial charge is 0.356 e. The molecule has 0 unspecified atom stereocenters. The van der Waals surface area contributed by atoms with E-state index in [9.17, 15) is 4.79 Å². The maximum Gasteiger partial charge on any atom is 0.220 e. The zero-order valence-corrected chi connectivity index (χ0v) is 16.1. The first-order valence-electron chi connectivity index (χ1n) is 10.1. The minimum Gasteiger partial charge on any atom is -0.356 e. The Morgan fingerprint density at radius 2 is 2.15 bits per heavy atom. The molecule has 0 radical (unpaired) electrons. The molecular formula is C20H28N6O. The van der Waals surface area contributed by atoms with Gasteiger partial charge in [0.1, 0.15) is 5.82 Å². The summed E-state index contributed by atoms with van der Waals surface area (Å²) in [5, 5.41) is 10.9. The van der Waals surface area contributed by atoms with Crippen LogP contribution >= 0.6 is 0 Å². The van der Waals surface area contributed by atoms with Crippen LogP contribution in [0, 0.1) is 6.92 Å². The Hall–Kier alpha value is -2.28. The average molecular weight is 368 g/mol. The smallest absolute Gasteiger partial charge is 0.220 e. The number of amides is 1. The van der Waals surface area contributed by atoms with Crippen LogP contribution in [0.5, 0.6) is 0 Å². The number of nitrogens with one attached hydrogen (secondary N) is 2. The first-order valence-corrected chi connectivity index (χ1v) is 10.1. The monoisotopic (exact) mass is 368 g/mol. The standard InChI is InChI=1S/C20H28N6O/c1-14-17-4-2-3-5-18(17)24-19(23-14)8-9-22-20(27)7-6-15-12-16-13-21-10-11-26(16)25-15/h12,21H,2-11,13H2,1H3,(H,22,27). The Morgan fingerprint density at radius 3 is 3.04 bits per heavy atom. The Kier molecular flexibility index (Phi) is 5.48. The zero-order chi connectivity index (χ0) is 18.6. The molecule has 4 rings (SSSR count). The minimum atomic E-state index is 0.0637. The number of nitrogens with zero attached hydrogens (tertiary/aromatic N) is 4. The van der Waals surface area contributed by atoms with Gasteiger partial charge in [0.2, 0.25) is 5.91 Å². The molecule has 2 N–H and O–H groups in total. The second-order valence-electron chi connectivity index (χ2n) is 7.48. The van der Waals surface area contributed by atoms with E-state index in [1.165, 1.54) is 29.8 Å². The molecule has 0 fully saturated rings. The molecule has 0 saturated carbocycles. The highest BCUT2D eigenvalue weighted by Crippen LogP contribution is 2.21. The Bertz CT molecular complexity index is 805. The topological polar surface area (TPSA) is 84.7 Å². The molecule has 2 aliphatic rings. The molecule has 2 aromatic rings. The first-order chi connectivity index (χ1) is 13.2. The summed E-state index contributed by atoms with van der Waals surface area (Å²) in [7, 11) is 0. The molecular weight excluding hydrogens is 340 g/mol. The van der Waals surface area contributed by atoms with Crippen molar-refractivity contribution in [1.29, 1.82) is 0 Å². The third-order valence-corrected chi connectivity index (χ3v) is 5.44. The van der Waals surface area contributed by atoms with E-state index in [1.807, 2.05) is 4.68 Å². The number of hydrogen-bond acceptors (Lipinski definition) is 5. The fourth-order valence-corrected chi connectivity index (χ4v) is 3.97. The highest BCUT2D eigenvalue weighted by atomic mass is 16.1. The number of carbonyl (C=O) groups is 1. The van der Waals surface area contributed by atoms with E-state index in [1.54, 1.807) is 0 Å². The van der Waals surface area contributed by atoms with Crippen molar-refractivity contribution in [2.45, 2.75) is 65.0 Å². The fraction of sp³-hybridized carbons (Fsp3) is 0.600. The van der Waals surface area contributed by atoms with E-state index in [0.29, 0.717) is 25.8 Å². The molecule has 144 valence electrons. The van der Waals surface area contributed by atoms with Crippen LogP contribution < -0.4 is 10.6 Å². The molecule has 27 heavy (non-hydrogen) atoms. The summed E-state index contributed by atoms with van der Waals surface area (Å²) >= 11 is 0. The van der Waals surface area contributed by atoms with Gasteiger partial charge in [0.25, 0.3) is 0 Å². The lowest BCUT2D eigenvalue weighted by Gasteiger charge is -2.17. The summed E-state index contributed by atoms with van der Waals surface area (Å²) in [5.74, 6) is 0.913. The number of hydrogen-bond donors (Lipinski definition) is 2. The quantitative estimate of drug-likeness (QED) is 0.802. The molecule has 1 aliphatic heterocycles. The van der Waals surface area contributed by atoms with Gasteiger partial charge in [-0.25, -0.2) is 9.97 Å². The number of carbonyl (C=O) groups excluding carboxylic acids is 1. The summed E-state index contributed by atoms with van der Waals surface area (Å²) in [4.78, 5) is 21.5. The Labute approximate surface area is 160 Å². The molecule has 3 heterocycles. The molecule has 0 aromatic carbocycles. The third kappa shape index (κ3) is 4.35. The van der Waals surface area contributed by atoms with Crippen molar-refractivity contribution in [3.63, 3.8) is 0 Å². The highest BCUT2D eigenvalue weighted by Gasteiger charge is 2.16. The van der Waals surface area contributed by atoms with Crippen molar-refractivity contribution >= 4 is 5.91 Å². The van der Waals surface area contributed by atoms with Crippen molar-refractivity contribution < 1.29 is 4.79 Å². The van der Waals surface area contributed by atoms with Crippen LogP contribution in [0.15, 0.2) is 6.07 Å². The number of fused-ring (bicyclic) bond motifs is 2. The van der Waals surface area contributed by atoms with Gasteiger partial charge in [-0.2, -0.15) is 5.10 Å². The van der Waals surface area contributed by atoms with E-state index in [-0.39, 0.29) is 5.91 Å². The van der Waals surface area contributed by atoms with Crippen molar-refractivity contribution in [3.8, 4) is 0 Å². The van der Waals surface area contributed by atoms with E-state index >= 15 is 0 Å². The van der Waals surface area contributed by atoms with Gasteiger partial charge in [-0.3, -0.25) is 9.48 Å². The molecule has 0 spiro atoms. The van der Waals surface area contributed by atoms with Crippen LogP contribution in [-0.2, 0) is 43.6 Å². The molecule has 0 atom stereocenters. The first kappa shape index (κ1) is 18.1. The van der Waals surface area contributed by atoms with Gasteiger partial charge in [0.15, 0.2) is 0 Å². The van der Waals surface area contributed by atoms with Gasteiger partial charge in [-0.15, -0.1) is 0 Å². The predicted molar refractivity (Wildman–Crippen MR) is 102 cm³/mol. The van der Waals surface area contributed by atoms with Crippen LogP contribution in [0.25, 0.3) is 0 Å². The lowest BCUT2D eigenvalue weighted by molar-refractivity contribution is -0.121. The molecule has 0 saturated heterocycles. The van der Waals surface area contributed by atoms with E-state index in [2.05, 4.69) is 33.7 Å². The van der Waals surface area contributed by atoms with Crippen LogP contribution in [0.1, 0.15) is 53.4 Å². The van der Waals surface area contributed by atoms with E-state index < -0.39 is 0 Å². The van der Waals surface area contributed by atoms with Crippen LogP contribution in [0.4, 0.5) is 0 Å². The van der Waals surface area contributed by atoms with E-state index in [0.717, 1.165) is 49.7 Å². The number of aromatic nitrogens is 4. The Morgan fingerprint density at radius 1 is 1.26 bits per heavy atom. The molecule has 0 bridgehead atoms. The normalized spacial score (nSPS) is 15.9. The van der Waals surface area contributed by atoms with Gasteiger partial charge in [0.05, 0.1) is 17.9 Å². The summed E-state index contributed by atoms with van der Waals surface area (Å²) in [6.45, 7) is 5.38. The van der Waals surface area contributed by atoms with Gasteiger partial charge in [-0.1, -0.05) is 0 Å². The van der Waals surface area contributed by atoms with Crippen LogP contribution in [0.3, 0.4) is 0 Å². The minimum absolute atomic E-state index is 0.0637. The maximum absolute atomic E-state index is 12.2. The van der Waals surface area contributed by atoms with Gasteiger partial charge in [-0.05, 0) is 44.2 Å². The van der Waals surface area contributed by atoms with Crippen LogP contribution in [0.2, 0.25) is 0 Å². The van der Waals surface area contributed by atoms with Gasteiger partial charge >= 0.3 is 0 Å². The summed E-state index contributed by atoms with van der Waals surface area (Å²) < 4.78 is 2.04.